The molecular formula is C18H15ClO4. The topological polar surface area (TPSA) is 52.6 Å². The molecule has 0 amide bonds. The van der Waals surface area contributed by atoms with Gasteiger partial charge < -0.3 is 9.47 Å². The lowest BCUT2D eigenvalue weighted by atomic mass is 10.1. The van der Waals surface area contributed by atoms with E-state index in [9.17, 15) is 9.59 Å². The number of methoxy groups -OCH3 is 1. The molecule has 0 aliphatic carbocycles. The van der Waals surface area contributed by atoms with Crippen molar-refractivity contribution in [1.82, 2.24) is 0 Å². The molecule has 0 aromatic heterocycles. The first-order valence-electron chi connectivity index (χ1n) is 6.87. The molecule has 5 heteroatoms. The van der Waals surface area contributed by atoms with Crippen molar-refractivity contribution < 1.29 is 19.1 Å². The molecule has 0 saturated carbocycles. The molecule has 0 unspecified atom stereocenters. The minimum Gasteiger partial charge on any atom is -0.496 e. The summed E-state index contributed by atoms with van der Waals surface area (Å²) in [4.78, 5) is 23.7. The Kier molecular flexibility index (Phi) is 5.94. The summed E-state index contributed by atoms with van der Waals surface area (Å²) in [5, 5.41) is 0.529. The number of rotatable bonds is 6. The van der Waals surface area contributed by atoms with Crippen LogP contribution in [-0.2, 0) is 9.53 Å². The minimum atomic E-state index is -0.617. The zero-order valence-electron chi connectivity index (χ0n) is 12.5. The molecule has 2 rings (SSSR count). The molecule has 0 fully saturated rings. The second-order valence-electron chi connectivity index (χ2n) is 4.59. The van der Waals surface area contributed by atoms with E-state index in [1.807, 2.05) is 6.07 Å². The van der Waals surface area contributed by atoms with Crippen molar-refractivity contribution in [2.75, 3.05) is 13.7 Å². The van der Waals surface area contributed by atoms with Gasteiger partial charge in [-0.05, 0) is 29.8 Å². The minimum absolute atomic E-state index is 0.332. The number of benzene rings is 2. The van der Waals surface area contributed by atoms with Gasteiger partial charge in [0.2, 0.25) is 5.78 Å². The van der Waals surface area contributed by atoms with Crippen LogP contribution in [0.2, 0.25) is 5.02 Å². The Hall–Kier alpha value is -2.59. The number of Topliss-reactive ketones (excluding diaryl/α,β-unsaturated/α-hetero) is 1. The van der Waals surface area contributed by atoms with Gasteiger partial charge >= 0.3 is 5.97 Å². The van der Waals surface area contributed by atoms with Crippen molar-refractivity contribution in [3.63, 3.8) is 0 Å². The number of hydrogen-bond donors (Lipinski definition) is 0. The lowest BCUT2D eigenvalue weighted by Gasteiger charge is -2.07. The molecule has 0 aliphatic rings. The molecule has 0 aliphatic heterocycles. The second kappa shape index (κ2) is 8.15. The normalized spacial score (nSPS) is 10.5. The van der Waals surface area contributed by atoms with Crippen molar-refractivity contribution in [1.29, 1.82) is 0 Å². The zero-order valence-corrected chi connectivity index (χ0v) is 13.2. The van der Waals surface area contributed by atoms with Crippen molar-refractivity contribution in [3.05, 3.63) is 70.8 Å². The Balaban J connectivity index is 1.94. The Morgan fingerprint density at radius 2 is 1.78 bits per heavy atom. The van der Waals surface area contributed by atoms with Crippen LogP contribution in [-0.4, -0.2) is 25.5 Å². The highest BCUT2D eigenvalue weighted by atomic mass is 35.5. The van der Waals surface area contributed by atoms with Crippen LogP contribution in [0.15, 0.2) is 54.6 Å². The zero-order chi connectivity index (χ0) is 16.7. The lowest BCUT2D eigenvalue weighted by Crippen LogP contribution is -2.13. The maximum Gasteiger partial charge on any atom is 0.331 e. The van der Waals surface area contributed by atoms with E-state index in [1.165, 1.54) is 19.3 Å². The Morgan fingerprint density at radius 1 is 1.09 bits per heavy atom. The first-order valence-corrected chi connectivity index (χ1v) is 7.25. The fourth-order valence-corrected chi connectivity index (χ4v) is 2.10. The first kappa shape index (κ1) is 16.8. The van der Waals surface area contributed by atoms with E-state index in [-0.39, 0.29) is 12.4 Å². The fraction of sp³-hybridized carbons (Fsp3) is 0.111. The third-order valence-corrected chi connectivity index (χ3v) is 3.40. The number of ketones is 1. The average molecular weight is 331 g/mol. The van der Waals surface area contributed by atoms with E-state index in [2.05, 4.69) is 0 Å². The third kappa shape index (κ3) is 4.69. The largest absolute Gasteiger partial charge is 0.496 e. The summed E-state index contributed by atoms with van der Waals surface area (Å²) in [6.45, 7) is -0.355. The summed E-state index contributed by atoms with van der Waals surface area (Å²) in [5.41, 5.74) is 1.07. The molecule has 23 heavy (non-hydrogen) atoms. The number of hydrogen-bond acceptors (Lipinski definition) is 4. The molecule has 0 saturated heterocycles. The summed E-state index contributed by atoms with van der Waals surface area (Å²) >= 11 is 5.98. The second-order valence-corrected chi connectivity index (χ2v) is 4.99. The van der Waals surface area contributed by atoms with Crippen LogP contribution in [0.4, 0.5) is 0 Å². The highest BCUT2D eigenvalue weighted by Crippen LogP contribution is 2.18. The fourth-order valence-electron chi connectivity index (χ4n) is 1.91. The first-order chi connectivity index (χ1) is 11.1. The number of para-hydroxylation sites is 1. The van der Waals surface area contributed by atoms with Gasteiger partial charge in [-0.1, -0.05) is 41.9 Å². The quantitative estimate of drug-likeness (QED) is 0.459. The number of esters is 1. The van der Waals surface area contributed by atoms with Crippen molar-refractivity contribution in [3.8, 4) is 5.75 Å². The number of carbonyl (C=O) groups is 2. The maximum atomic E-state index is 12.1. The van der Waals surface area contributed by atoms with Crippen LogP contribution in [0.1, 0.15) is 15.9 Å². The highest BCUT2D eigenvalue weighted by molar-refractivity contribution is 6.32. The van der Waals surface area contributed by atoms with Crippen molar-refractivity contribution in [2.45, 2.75) is 0 Å². The molecule has 0 heterocycles. The van der Waals surface area contributed by atoms with Crippen LogP contribution in [0.5, 0.6) is 5.75 Å². The van der Waals surface area contributed by atoms with Crippen molar-refractivity contribution in [2.24, 2.45) is 0 Å². The smallest absolute Gasteiger partial charge is 0.331 e. The Morgan fingerprint density at radius 3 is 2.52 bits per heavy atom. The molecule has 2 aromatic rings. The molecule has 0 bridgehead atoms. The Bertz CT molecular complexity index is 737. The standard InChI is InChI=1S/C18H15ClO4/c1-22-17-9-5-3-7-14(17)16(20)12-23-18(21)11-10-13-6-2-4-8-15(13)19/h2-11H,12H2,1H3/b11-10+. The summed E-state index contributed by atoms with van der Waals surface area (Å²) < 4.78 is 10.0. The summed E-state index contributed by atoms with van der Waals surface area (Å²) in [7, 11) is 1.48. The van der Waals surface area contributed by atoms with Crippen LogP contribution in [0.25, 0.3) is 6.08 Å². The molecule has 118 valence electrons. The van der Waals surface area contributed by atoms with Crippen LogP contribution < -0.4 is 4.74 Å². The van der Waals surface area contributed by atoms with Crippen molar-refractivity contribution >= 4 is 29.4 Å². The monoisotopic (exact) mass is 330 g/mol. The van der Waals surface area contributed by atoms with Gasteiger partial charge in [0.1, 0.15) is 5.75 Å². The van der Waals surface area contributed by atoms with Crippen LogP contribution in [0, 0.1) is 0 Å². The van der Waals surface area contributed by atoms with Crippen LogP contribution >= 0.6 is 11.6 Å². The van der Waals surface area contributed by atoms with Gasteiger partial charge in [0.15, 0.2) is 6.61 Å². The van der Waals surface area contributed by atoms with E-state index in [0.29, 0.717) is 21.9 Å². The molecule has 0 atom stereocenters. The van der Waals surface area contributed by atoms with E-state index in [1.54, 1.807) is 42.5 Å². The predicted molar refractivity (Wildman–Crippen MR) is 88.8 cm³/mol. The van der Waals surface area contributed by atoms with E-state index >= 15 is 0 Å². The van der Waals surface area contributed by atoms with E-state index < -0.39 is 5.97 Å². The number of halogens is 1. The molecule has 0 radical (unpaired) electrons. The van der Waals surface area contributed by atoms with Gasteiger partial charge in [-0.15, -0.1) is 0 Å². The summed E-state index contributed by atoms with van der Waals surface area (Å²) in [6.07, 6.45) is 2.77. The lowest BCUT2D eigenvalue weighted by molar-refractivity contribution is -0.136. The highest BCUT2D eigenvalue weighted by Gasteiger charge is 2.13. The predicted octanol–water partition coefficient (Wildman–Crippen LogP) is 3.79. The summed E-state index contributed by atoms with van der Waals surface area (Å²) in [6, 6.07) is 13.9. The van der Waals surface area contributed by atoms with Gasteiger partial charge in [-0.2, -0.15) is 0 Å². The molecule has 0 spiro atoms. The average Bonchev–Trinajstić information content (AvgIpc) is 2.58. The SMILES string of the molecule is COc1ccccc1C(=O)COC(=O)/C=C/c1ccccc1Cl. The maximum absolute atomic E-state index is 12.1. The van der Waals surface area contributed by atoms with Gasteiger partial charge in [0.05, 0.1) is 12.7 Å². The Labute approximate surface area is 139 Å². The van der Waals surface area contributed by atoms with Crippen LogP contribution in [0.3, 0.4) is 0 Å². The molecule has 4 nitrogen and oxygen atoms in total. The number of ether oxygens (including phenoxy) is 2. The number of carbonyl (C=O) groups excluding carboxylic acids is 2. The van der Waals surface area contributed by atoms with Gasteiger partial charge in [-0.3, -0.25) is 4.79 Å². The van der Waals surface area contributed by atoms with E-state index in [4.69, 9.17) is 21.1 Å². The molecule has 0 N–H and O–H groups in total. The third-order valence-electron chi connectivity index (χ3n) is 3.06. The molecular weight excluding hydrogens is 316 g/mol. The summed E-state index contributed by atoms with van der Waals surface area (Å²) in [5.74, 6) is -0.504. The molecule has 2 aromatic carbocycles. The van der Waals surface area contributed by atoms with Gasteiger partial charge in [0.25, 0.3) is 0 Å². The van der Waals surface area contributed by atoms with E-state index in [0.717, 1.165) is 0 Å². The van der Waals surface area contributed by atoms with Gasteiger partial charge in [0, 0.05) is 11.1 Å². The van der Waals surface area contributed by atoms with Gasteiger partial charge in [-0.25, -0.2) is 4.79 Å².